The number of nitrogens with one attached hydrogen (secondary N) is 1. The van der Waals surface area contributed by atoms with Gasteiger partial charge in [-0.25, -0.2) is 4.98 Å². The third kappa shape index (κ3) is 4.58. The van der Waals surface area contributed by atoms with Crippen LogP contribution in [0.4, 0.5) is 17.3 Å². The molecule has 21 heavy (non-hydrogen) atoms. The number of quaternary nitrogens is 1. The molecule has 0 bridgehead atoms. The fraction of sp³-hybridized carbons (Fsp3) is 0.556. The summed E-state index contributed by atoms with van der Waals surface area (Å²) in [6, 6.07) is 0. The van der Waals surface area contributed by atoms with Crippen LogP contribution in [0, 0.1) is 0 Å². The molecule has 0 saturated carbocycles. The number of rotatable bonds is 6. The summed E-state index contributed by atoms with van der Waals surface area (Å²) in [7, 11) is -4.20. The lowest BCUT2D eigenvalue weighted by atomic mass is 10.3. The van der Waals surface area contributed by atoms with Crippen LogP contribution in [0.25, 0.3) is 0 Å². The second-order valence-electron chi connectivity index (χ2n) is 4.47. The molecule has 11 nitrogen and oxygen atoms in total. The van der Waals surface area contributed by atoms with Gasteiger partial charge in [-0.2, -0.15) is 4.98 Å². The van der Waals surface area contributed by atoms with Gasteiger partial charge in [0, 0.05) is 12.8 Å². The zero-order valence-electron chi connectivity index (χ0n) is 11.0. The van der Waals surface area contributed by atoms with Crippen LogP contribution in [-0.4, -0.2) is 38.6 Å². The fourth-order valence-electron chi connectivity index (χ4n) is 1.92. The van der Waals surface area contributed by atoms with Crippen LogP contribution in [-0.2, 0) is 14.0 Å². The molecule has 1 aliphatic heterocycles. The Kier molecular flexibility index (Phi) is 5.06. The summed E-state index contributed by atoms with van der Waals surface area (Å²) in [5.41, 5.74) is 8.48. The molecule has 118 valence electrons. The molecule has 0 unspecified atom stereocenters. The van der Waals surface area contributed by atoms with Crippen LogP contribution >= 0.6 is 7.60 Å². The SMILES string of the molecule is NNc1c(N)ncnc1[NH2+][C@H]1CC[C@@H](OCP(=O)(O)O)O1. The molecule has 2 heterocycles. The van der Waals surface area contributed by atoms with E-state index in [2.05, 4.69) is 15.4 Å². The van der Waals surface area contributed by atoms with Crippen LogP contribution in [0.1, 0.15) is 12.8 Å². The van der Waals surface area contributed by atoms with Crippen molar-refractivity contribution in [2.24, 2.45) is 5.84 Å². The van der Waals surface area contributed by atoms with E-state index in [1.54, 1.807) is 5.32 Å². The number of aromatic nitrogens is 2. The quantitative estimate of drug-likeness (QED) is 0.197. The minimum atomic E-state index is -4.20. The molecule has 1 aromatic heterocycles. The number of nitrogen functional groups attached to an aromatic ring is 2. The van der Waals surface area contributed by atoms with Crippen LogP contribution in [0.15, 0.2) is 6.33 Å². The van der Waals surface area contributed by atoms with Gasteiger partial charge in [0.05, 0.1) is 0 Å². The topological polar surface area (TPSA) is 182 Å². The van der Waals surface area contributed by atoms with Crippen molar-refractivity contribution in [3.8, 4) is 0 Å². The fourth-order valence-corrected chi connectivity index (χ4v) is 2.28. The average Bonchev–Trinajstić information content (AvgIpc) is 2.84. The van der Waals surface area contributed by atoms with Crippen molar-refractivity contribution in [1.82, 2.24) is 9.97 Å². The first-order chi connectivity index (χ1) is 9.89. The Balaban J connectivity index is 1.91. The van der Waals surface area contributed by atoms with E-state index in [1.165, 1.54) is 6.33 Å². The molecule has 2 atom stereocenters. The molecule has 1 fully saturated rings. The zero-order chi connectivity index (χ0) is 15.5. The second kappa shape index (κ2) is 6.62. The molecule has 12 heteroatoms. The van der Waals surface area contributed by atoms with Crippen LogP contribution < -0.4 is 22.3 Å². The Labute approximate surface area is 120 Å². The molecule has 1 saturated heterocycles. The number of anilines is 2. The lowest BCUT2D eigenvalue weighted by molar-refractivity contribution is -0.657. The predicted molar refractivity (Wildman–Crippen MR) is 71.7 cm³/mol. The van der Waals surface area contributed by atoms with Gasteiger partial charge in [-0.15, -0.1) is 0 Å². The standard InChI is InChI=1S/C9H17N6O5P/c10-8-7(15-11)9(13-3-12-8)14-5-1-2-6(20-5)19-4-21(16,17)18/h3,5-6,15H,1-2,4,11H2,(H2,16,17,18)(H3,10,12,13,14)/p+1/t5-,6+/m1/s1. The van der Waals surface area contributed by atoms with E-state index in [0.29, 0.717) is 24.3 Å². The molecule has 0 aliphatic carbocycles. The van der Waals surface area contributed by atoms with E-state index in [-0.39, 0.29) is 12.0 Å². The maximum Gasteiger partial charge on any atom is 0.351 e. The van der Waals surface area contributed by atoms with Crippen molar-refractivity contribution in [1.29, 1.82) is 0 Å². The highest BCUT2D eigenvalue weighted by Gasteiger charge is 2.31. The average molecular weight is 321 g/mol. The summed E-state index contributed by atoms with van der Waals surface area (Å²) < 4.78 is 21.3. The van der Waals surface area contributed by atoms with Gasteiger partial charge in [0.25, 0.3) is 5.82 Å². The molecule has 1 aliphatic rings. The molecule has 9 N–H and O–H groups in total. The minimum Gasteiger partial charge on any atom is -0.382 e. The Morgan fingerprint density at radius 1 is 1.52 bits per heavy atom. The van der Waals surface area contributed by atoms with E-state index in [4.69, 9.17) is 30.8 Å². The third-order valence-electron chi connectivity index (χ3n) is 2.84. The van der Waals surface area contributed by atoms with Gasteiger partial charge in [-0.1, -0.05) is 0 Å². The smallest absolute Gasteiger partial charge is 0.351 e. The van der Waals surface area contributed by atoms with Crippen molar-refractivity contribution >= 4 is 24.9 Å². The molecule has 0 spiro atoms. The Morgan fingerprint density at radius 3 is 2.95 bits per heavy atom. The molecular formula is C9H18N6O5P+. The van der Waals surface area contributed by atoms with E-state index < -0.39 is 20.2 Å². The predicted octanol–water partition coefficient (Wildman–Crippen LogP) is -1.85. The summed E-state index contributed by atoms with van der Waals surface area (Å²) in [5, 5.41) is 1.70. The van der Waals surface area contributed by atoms with Crippen LogP contribution in [0.5, 0.6) is 0 Å². The summed E-state index contributed by atoms with van der Waals surface area (Å²) in [5.74, 6) is 6.07. The van der Waals surface area contributed by atoms with Gasteiger partial charge in [0.15, 0.2) is 30.4 Å². The largest absolute Gasteiger partial charge is 0.382 e. The van der Waals surface area contributed by atoms with Crippen molar-refractivity contribution in [3.63, 3.8) is 0 Å². The molecule has 2 rings (SSSR count). The zero-order valence-corrected chi connectivity index (χ0v) is 11.9. The molecule has 0 aromatic carbocycles. The second-order valence-corrected chi connectivity index (χ2v) is 6.06. The minimum absolute atomic E-state index is 0.214. The van der Waals surface area contributed by atoms with Gasteiger partial charge in [-0.3, -0.25) is 20.5 Å². The number of nitrogens with zero attached hydrogens (tertiary/aromatic N) is 2. The number of hydrogen-bond donors (Lipinski definition) is 6. The highest BCUT2D eigenvalue weighted by atomic mass is 31.2. The Morgan fingerprint density at radius 2 is 2.29 bits per heavy atom. The first-order valence-corrected chi connectivity index (χ1v) is 7.92. The Hall–Kier alpha value is -1.33. The summed E-state index contributed by atoms with van der Waals surface area (Å²) >= 11 is 0. The first-order valence-electron chi connectivity index (χ1n) is 6.12. The van der Waals surface area contributed by atoms with Crippen molar-refractivity contribution in [2.75, 3.05) is 17.5 Å². The van der Waals surface area contributed by atoms with Crippen LogP contribution in [0.2, 0.25) is 0 Å². The van der Waals surface area contributed by atoms with E-state index >= 15 is 0 Å². The molecule has 0 amide bonds. The first kappa shape index (κ1) is 16.0. The van der Waals surface area contributed by atoms with Crippen molar-refractivity contribution < 1.29 is 29.1 Å². The number of ether oxygens (including phenoxy) is 2. The Bertz CT molecular complexity index is 539. The lowest BCUT2D eigenvalue weighted by Crippen LogP contribution is -2.85. The third-order valence-corrected chi connectivity index (χ3v) is 3.32. The molecule has 0 radical (unpaired) electrons. The maximum absolute atomic E-state index is 10.7. The summed E-state index contributed by atoms with van der Waals surface area (Å²) in [6.07, 6.45) is 0.812. The molecular weight excluding hydrogens is 303 g/mol. The summed E-state index contributed by atoms with van der Waals surface area (Å²) in [4.78, 5) is 25.4. The summed E-state index contributed by atoms with van der Waals surface area (Å²) in [6.45, 7) is 0. The van der Waals surface area contributed by atoms with Gasteiger partial charge in [0.2, 0.25) is 0 Å². The van der Waals surface area contributed by atoms with E-state index in [0.717, 1.165) is 0 Å². The highest BCUT2D eigenvalue weighted by molar-refractivity contribution is 7.51. The van der Waals surface area contributed by atoms with Gasteiger partial charge < -0.3 is 25.7 Å². The number of nitrogens with two attached hydrogens (primary N) is 3. The maximum atomic E-state index is 10.7. The number of hydrazine groups is 1. The van der Waals surface area contributed by atoms with E-state index in [9.17, 15) is 4.57 Å². The van der Waals surface area contributed by atoms with Gasteiger partial charge in [0.1, 0.15) is 6.33 Å². The van der Waals surface area contributed by atoms with Crippen molar-refractivity contribution in [3.05, 3.63) is 6.33 Å². The highest BCUT2D eigenvalue weighted by Crippen LogP contribution is 2.35. The van der Waals surface area contributed by atoms with E-state index in [1.807, 2.05) is 0 Å². The lowest BCUT2D eigenvalue weighted by Gasteiger charge is -2.14. The normalized spacial score (nSPS) is 22.4. The number of hydrogen-bond acceptors (Lipinski definition) is 8. The van der Waals surface area contributed by atoms with Gasteiger partial charge in [-0.05, 0) is 0 Å². The van der Waals surface area contributed by atoms with Crippen LogP contribution in [0.3, 0.4) is 0 Å². The monoisotopic (exact) mass is 321 g/mol. The molecule has 1 aromatic rings. The van der Waals surface area contributed by atoms with Crippen molar-refractivity contribution in [2.45, 2.75) is 25.4 Å². The van der Waals surface area contributed by atoms with Gasteiger partial charge >= 0.3 is 7.60 Å².